The van der Waals surface area contributed by atoms with Gasteiger partial charge >= 0.3 is 0 Å². The Morgan fingerprint density at radius 2 is 2.10 bits per heavy atom. The van der Waals surface area contributed by atoms with Crippen molar-refractivity contribution in [1.29, 1.82) is 0 Å². The number of carbonyl (C=O) groups excluding carboxylic acids is 1. The van der Waals surface area contributed by atoms with E-state index >= 15 is 0 Å². The molecule has 1 amide bonds. The second-order valence-corrected chi connectivity index (χ2v) is 5.58. The van der Waals surface area contributed by atoms with Crippen LogP contribution in [-0.4, -0.2) is 37.4 Å². The molecule has 3 atom stereocenters. The van der Waals surface area contributed by atoms with Gasteiger partial charge in [-0.25, -0.2) is 0 Å². The van der Waals surface area contributed by atoms with Crippen molar-refractivity contribution in [2.45, 2.75) is 26.1 Å². The molecule has 0 aliphatic heterocycles. The fourth-order valence-corrected chi connectivity index (χ4v) is 2.13. The van der Waals surface area contributed by atoms with Gasteiger partial charge in [0.15, 0.2) is 0 Å². The van der Waals surface area contributed by atoms with Crippen LogP contribution in [0.25, 0.3) is 0 Å². The second-order valence-electron chi connectivity index (χ2n) is 5.58. The molecule has 0 radical (unpaired) electrons. The summed E-state index contributed by atoms with van der Waals surface area (Å²) in [6.45, 7) is 2.92. The topological polar surface area (TPSA) is 67.8 Å². The maximum Gasteiger partial charge on any atom is 0.223 e. The number of rotatable bonds is 8. The molecule has 0 heterocycles. The maximum absolute atomic E-state index is 11.6. The summed E-state index contributed by atoms with van der Waals surface area (Å²) in [4.78, 5) is 11.6. The molecular formula is C16H23NO4. The Hall–Kier alpha value is -1.59. The Morgan fingerprint density at radius 1 is 1.43 bits per heavy atom. The summed E-state index contributed by atoms with van der Waals surface area (Å²) in [5, 5.41) is 12.5. The van der Waals surface area contributed by atoms with Crippen LogP contribution in [0.3, 0.4) is 0 Å². The molecule has 1 saturated carbocycles. The molecule has 0 unspecified atom stereocenters. The lowest BCUT2D eigenvalue weighted by molar-refractivity contribution is -0.123. The van der Waals surface area contributed by atoms with E-state index in [1.807, 2.05) is 24.3 Å². The summed E-state index contributed by atoms with van der Waals surface area (Å²) in [6, 6.07) is 7.57. The Labute approximate surface area is 125 Å². The number of hydrogen-bond donors (Lipinski definition) is 2. The Kier molecular flexibility index (Phi) is 5.59. The van der Waals surface area contributed by atoms with Crippen molar-refractivity contribution in [2.75, 3.05) is 20.3 Å². The van der Waals surface area contributed by atoms with E-state index < -0.39 is 6.10 Å². The first-order valence-corrected chi connectivity index (χ1v) is 7.26. The predicted molar refractivity (Wildman–Crippen MR) is 78.9 cm³/mol. The standard InChI is InChI=1S/C16H23NO4/c1-11-7-15(11)16(19)17-8-13(18)10-21-9-12-3-5-14(20-2)6-4-12/h3-6,11,13,15,18H,7-10H2,1-2H3,(H,17,19)/t11-,13+,15+/m0/s1. The van der Waals surface area contributed by atoms with E-state index in [0.29, 0.717) is 12.5 Å². The van der Waals surface area contributed by atoms with Gasteiger partial charge in [-0.05, 0) is 30.0 Å². The van der Waals surface area contributed by atoms with Crippen LogP contribution >= 0.6 is 0 Å². The highest BCUT2D eigenvalue weighted by molar-refractivity contribution is 5.81. The zero-order chi connectivity index (χ0) is 15.2. The molecule has 1 fully saturated rings. The van der Waals surface area contributed by atoms with Crippen molar-refractivity contribution < 1.29 is 19.4 Å². The Morgan fingerprint density at radius 3 is 2.67 bits per heavy atom. The smallest absolute Gasteiger partial charge is 0.223 e. The van der Waals surface area contributed by atoms with E-state index in [1.54, 1.807) is 7.11 Å². The summed E-state index contributed by atoms with van der Waals surface area (Å²) in [6.07, 6.45) is 0.275. The van der Waals surface area contributed by atoms with Gasteiger partial charge in [0.2, 0.25) is 5.91 Å². The summed E-state index contributed by atoms with van der Waals surface area (Å²) in [7, 11) is 1.62. The van der Waals surface area contributed by atoms with Gasteiger partial charge in [0.1, 0.15) is 5.75 Å². The predicted octanol–water partition coefficient (Wildman–Crippen LogP) is 1.34. The fraction of sp³-hybridized carbons (Fsp3) is 0.562. The lowest BCUT2D eigenvalue weighted by Crippen LogP contribution is -2.35. The molecule has 5 nitrogen and oxygen atoms in total. The minimum atomic E-state index is -0.679. The van der Waals surface area contributed by atoms with Crippen molar-refractivity contribution in [3.63, 3.8) is 0 Å². The molecule has 5 heteroatoms. The molecule has 1 aromatic rings. The van der Waals surface area contributed by atoms with Crippen LogP contribution in [0.2, 0.25) is 0 Å². The minimum absolute atomic E-state index is 0.0386. The first-order valence-electron chi connectivity index (χ1n) is 7.26. The van der Waals surface area contributed by atoms with E-state index in [9.17, 15) is 9.90 Å². The van der Waals surface area contributed by atoms with Crippen molar-refractivity contribution in [2.24, 2.45) is 11.8 Å². The normalized spacial score (nSPS) is 21.7. The van der Waals surface area contributed by atoms with Crippen LogP contribution in [0.15, 0.2) is 24.3 Å². The number of hydrogen-bond acceptors (Lipinski definition) is 4. The highest BCUT2D eigenvalue weighted by Crippen LogP contribution is 2.37. The fourth-order valence-electron chi connectivity index (χ4n) is 2.13. The lowest BCUT2D eigenvalue weighted by Gasteiger charge is -2.12. The van der Waals surface area contributed by atoms with Gasteiger partial charge in [-0.15, -0.1) is 0 Å². The molecule has 116 valence electrons. The molecule has 21 heavy (non-hydrogen) atoms. The molecule has 2 N–H and O–H groups in total. The van der Waals surface area contributed by atoms with E-state index in [4.69, 9.17) is 9.47 Å². The van der Waals surface area contributed by atoms with E-state index in [2.05, 4.69) is 12.2 Å². The van der Waals surface area contributed by atoms with Gasteiger partial charge in [-0.1, -0.05) is 19.1 Å². The van der Waals surface area contributed by atoms with Crippen molar-refractivity contribution in [1.82, 2.24) is 5.32 Å². The summed E-state index contributed by atoms with van der Waals surface area (Å²) < 4.78 is 10.5. The van der Waals surface area contributed by atoms with Gasteiger partial charge < -0.3 is 19.9 Å². The first-order chi connectivity index (χ1) is 10.1. The minimum Gasteiger partial charge on any atom is -0.497 e. The second kappa shape index (κ2) is 7.43. The number of carbonyl (C=O) groups is 1. The number of ether oxygens (including phenoxy) is 2. The molecule has 1 aromatic carbocycles. The maximum atomic E-state index is 11.6. The molecule has 0 spiro atoms. The van der Waals surface area contributed by atoms with Crippen LogP contribution in [0.5, 0.6) is 5.75 Å². The summed E-state index contributed by atoms with van der Waals surface area (Å²) in [5.41, 5.74) is 1.01. The SMILES string of the molecule is COc1ccc(COC[C@H](O)CNC(=O)[C@@H]2C[C@@H]2C)cc1. The van der Waals surface area contributed by atoms with Gasteiger partial charge in [0, 0.05) is 12.5 Å². The van der Waals surface area contributed by atoms with E-state index in [0.717, 1.165) is 17.7 Å². The quantitative estimate of drug-likeness (QED) is 0.759. The van der Waals surface area contributed by atoms with Crippen molar-refractivity contribution >= 4 is 5.91 Å². The van der Waals surface area contributed by atoms with Gasteiger partial charge in [-0.3, -0.25) is 4.79 Å². The van der Waals surface area contributed by atoms with E-state index in [-0.39, 0.29) is 25.0 Å². The molecule has 0 aromatic heterocycles. The first kappa shape index (κ1) is 15.8. The van der Waals surface area contributed by atoms with Crippen LogP contribution in [0.4, 0.5) is 0 Å². The zero-order valence-corrected chi connectivity index (χ0v) is 12.5. The molecular weight excluding hydrogens is 270 g/mol. The van der Waals surface area contributed by atoms with Crippen LogP contribution in [0, 0.1) is 11.8 Å². The van der Waals surface area contributed by atoms with Gasteiger partial charge in [-0.2, -0.15) is 0 Å². The third-order valence-electron chi connectivity index (χ3n) is 3.70. The largest absolute Gasteiger partial charge is 0.497 e. The number of benzene rings is 1. The van der Waals surface area contributed by atoms with Crippen LogP contribution < -0.4 is 10.1 Å². The van der Waals surface area contributed by atoms with Crippen LogP contribution in [0.1, 0.15) is 18.9 Å². The molecule has 0 bridgehead atoms. The third kappa shape index (κ3) is 5.02. The monoisotopic (exact) mass is 293 g/mol. The number of aliphatic hydroxyl groups is 1. The van der Waals surface area contributed by atoms with Crippen molar-refractivity contribution in [3.05, 3.63) is 29.8 Å². The Balaban J connectivity index is 1.60. The van der Waals surface area contributed by atoms with Gasteiger partial charge in [0.25, 0.3) is 0 Å². The average molecular weight is 293 g/mol. The number of amides is 1. The number of nitrogens with one attached hydrogen (secondary N) is 1. The number of methoxy groups -OCH3 is 1. The molecule has 2 rings (SSSR count). The molecule has 0 saturated heterocycles. The highest BCUT2D eigenvalue weighted by Gasteiger charge is 2.38. The average Bonchev–Trinajstić information content (AvgIpc) is 3.22. The zero-order valence-electron chi connectivity index (χ0n) is 12.5. The van der Waals surface area contributed by atoms with Crippen molar-refractivity contribution in [3.8, 4) is 5.75 Å². The van der Waals surface area contributed by atoms with Crippen LogP contribution in [-0.2, 0) is 16.1 Å². The number of aliphatic hydroxyl groups excluding tert-OH is 1. The lowest BCUT2D eigenvalue weighted by atomic mass is 10.2. The van der Waals surface area contributed by atoms with Gasteiger partial charge in [0.05, 0.1) is 26.4 Å². The van der Waals surface area contributed by atoms with E-state index in [1.165, 1.54) is 0 Å². The molecule has 1 aliphatic carbocycles. The third-order valence-corrected chi connectivity index (χ3v) is 3.70. The Bertz CT molecular complexity index is 460. The summed E-state index contributed by atoms with van der Waals surface area (Å²) >= 11 is 0. The molecule has 1 aliphatic rings. The summed E-state index contributed by atoms with van der Waals surface area (Å²) in [5.74, 6) is 1.46. The highest BCUT2D eigenvalue weighted by atomic mass is 16.5.